The first-order chi connectivity index (χ1) is 18.6. The molecule has 3 aliphatic heterocycles. The lowest BCUT2D eigenvalue weighted by atomic mass is 10.1. The molecule has 7 rings (SSSR count). The predicted octanol–water partition coefficient (Wildman–Crippen LogP) is 7.68. The van der Waals surface area contributed by atoms with E-state index in [1.807, 2.05) is 84.9 Å². The first kappa shape index (κ1) is 23.1. The molecule has 0 N–H and O–H groups in total. The largest absolute Gasteiger partial charge is 0.454 e. The first-order valence-corrected chi connectivity index (χ1v) is 13.2. The molecule has 6 nitrogen and oxygen atoms in total. The van der Waals surface area contributed by atoms with Crippen LogP contribution in [-0.4, -0.2) is 47.7 Å². The van der Waals surface area contributed by atoms with Crippen LogP contribution in [0.1, 0.15) is 11.1 Å². The quantitative estimate of drug-likeness (QED) is 0.229. The Kier molecular flexibility index (Phi) is 5.72. The highest BCUT2D eigenvalue weighted by Gasteiger charge is 2.30. The normalized spacial score (nSPS) is 15.8. The van der Waals surface area contributed by atoms with Crippen molar-refractivity contribution in [2.75, 3.05) is 26.2 Å². The number of benzene rings is 4. The van der Waals surface area contributed by atoms with Crippen molar-refractivity contribution in [2.45, 2.75) is 0 Å². The van der Waals surface area contributed by atoms with Crippen molar-refractivity contribution in [3.8, 4) is 23.0 Å². The van der Waals surface area contributed by atoms with Crippen LogP contribution in [0.25, 0.3) is 0 Å². The van der Waals surface area contributed by atoms with Crippen LogP contribution in [-0.2, 0) is 0 Å². The third kappa shape index (κ3) is 4.16. The van der Waals surface area contributed by atoms with Gasteiger partial charge in [-0.15, -0.1) is 0 Å². The van der Waals surface area contributed by atoms with Crippen LogP contribution in [0, 0.1) is 0 Å². The average molecular weight is 541 g/mol. The number of para-hydroxylation sites is 4. The third-order valence-electron chi connectivity index (χ3n) is 6.87. The van der Waals surface area contributed by atoms with Crippen LogP contribution >= 0.6 is 23.2 Å². The van der Waals surface area contributed by atoms with E-state index < -0.39 is 0 Å². The number of piperazine rings is 1. The second kappa shape index (κ2) is 9.39. The van der Waals surface area contributed by atoms with E-state index in [4.69, 9.17) is 42.7 Å². The lowest BCUT2D eigenvalue weighted by Gasteiger charge is -2.38. The molecule has 188 valence electrons. The summed E-state index contributed by atoms with van der Waals surface area (Å²) in [6, 6.07) is 27.0. The van der Waals surface area contributed by atoms with Gasteiger partial charge in [0.2, 0.25) is 0 Å². The minimum atomic E-state index is 0.643. The summed E-state index contributed by atoms with van der Waals surface area (Å²) in [6.45, 7) is 2.96. The number of amidine groups is 2. The van der Waals surface area contributed by atoms with E-state index in [1.54, 1.807) is 0 Å². The molecule has 0 saturated carbocycles. The van der Waals surface area contributed by atoms with Crippen molar-refractivity contribution in [3.05, 3.63) is 106 Å². The van der Waals surface area contributed by atoms with Crippen LogP contribution in [0.3, 0.4) is 0 Å². The Morgan fingerprint density at radius 3 is 1.39 bits per heavy atom. The molecule has 0 bridgehead atoms. The Balaban J connectivity index is 1.23. The summed E-state index contributed by atoms with van der Waals surface area (Å²) in [5.41, 5.74) is 3.35. The van der Waals surface area contributed by atoms with Crippen molar-refractivity contribution in [1.29, 1.82) is 0 Å². The lowest BCUT2D eigenvalue weighted by Crippen LogP contribution is -2.51. The molecule has 0 spiro atoms. The first-order valence-electron chi connectivity index (χ1n) is 12.4. The van der Waals surface area contributed by atoms with Crippen LogP contribution in [0.4, 0.5) is 11.4 Å². The lowest BCUT2D eigenvalue weighted by molar-refractivity contribution is 0.259. The molecule has 8 heteroatoms. The highest BCUT2D eigenvalue weighted by Crippen LogP contribution is 2.41. The topological polar surface area (TPSA) is 49.7 Å². The number of hydrogen-bond donors (Lipinski definition) is 0. The van der Waals surface area contributed by atoms with E-state index in [0.717, 1.165) is 83.3 Å². The van der Waals surface area contributed by atoms with Gasteiger partial charge in [-0.05, 0) is 60.7 Å². The molecule has 0 aliphatic carbocycles. The minimum absolute atomic E-state index is 0.643. The summed E-state index contributed by atoms with van der Waals surface area (Å²) >= 11 is 12.8. The maximum atomic E-state index is 6.41. The Labute approximate surface area is 230 Å². The van der Waals surface area contributed by atoms with Crippen molar-refractivity contribution in [2.24, 2.45) is 9.98 Å². The van der Waals surface area contributed by atoms with Crippen molar-refractivity contribution in [1.82, 2.24) is 9.80 Å². The molecule has 1 saturated heterocycles. The summed E-state index contributed by atoms with van der Waals surface area (Å²) in [5, 5.41) is 1.29. The highest BCUT2D eigenvalue weighted by atomic mass is 35.5. The summed E-state index contributed by atoms with van der Waals surface area (Å²) in [5.74, 6) is 4.64. The zero-order valence-corrected chi connectivity index (χ0v) is 21.8. The zero-order chi connectivity index (χ0) is 25.6. The van der Waals surface area contributed by atoms with Crippen LogP contribution in [0.15, 0.2) is 94.9 Å². The van der Waals surface area contributed by atoms with Crippen LogP contribution in [0.5, 0.6) is 23.0 Å². The van der Waals surface area contributed by atoms with E-state index in [1.165, 1.54) is 0 Å². The molecule has 1 fully saturated rings. The molecular weight excluding hydrogens is 519 g/mol. The summed E-state index contributed by atoms with van der Waals surface area (Å²) in [6.07, 6.45) is 0. The minimum Gasteiger partial charge on any atom is -0.454 e. The van der Waals surface area contributed by atoms with Crippen LogP contribution < -0.4 is 9.47 Å². The smallest absolute Gasteiger partial charge is 0.153 e. The highest BCUT2D eigenvalue weighted by molar-refractivity contribution is 6.31. The molecule has 0 unspecified atom stereocenters. The fraction of sp³-hybridized carbons (Fsp3) is 0.133. The van der Waals surface area contributed by atoms with Gasteiger partial charge in [0.15, 0.2) is 11.5 Å². The molecule has 0 radical (unpaired) electrons. The van der Waals surface area contributed by atoms with Gasteiger partial charge < -0.3 is 19.3 Å². The standard InChI is InChI=1S/C30H22Cl2N4O2/c31-19-9-11-25-21(17-19)29(33-23-5-1-3-7-27(23)37-25)35-13-15-36(16-14-35)30-22-18-20(32)10-12-26(22)38-28-8-4-2-6-24(28)34-30/h1-12,17-18H,13-16H2. The number of fused-ring (bicyclic) bond motifs is 4. The summed E-state index contributed by atoms with van der Waals surface area (Å²) < 4.78 is 12.5. The summed E-state index contributed by atoms with van der Waals surface area (Å²) in [7, 11) is 0. The fourth-order valence-electron chi connectivity index (χ4n) is 5.00. The van der Waals surface area contributed by atoms with Gasteiger partial charge in [-0.25, -0.2) is 9.98 Å². The number of ether oxygens (including phenoxy) is 2. The zero-order valence-electron chi connectivity index (χ0n) is 20.3. The van der Waals surface area contributed by atoms with E-state index in [-0.39, 0.29) is 0 Å². The molecule has 0 atom stereocenters. The van der Waals surface area contributed by atoms with Gasteiger partial charge in [0, 0.05) is 36.2 Å². The Morgan fingerprint density at radius 1 is 0.526 bits per heavy atom. The average Bonchev–Trinajstić information content (AvgIpc) is 3.21. The van der Waals surface area contributed by atoms with Crippen LogP contribution in [0.2, 0.25) is 10.0 Å². The fourth-order valence-corrected chi connectivity index (χ4v) is 5.35. The monoisotopic (exact) mass is 540 g/mol. The molecule has 0 amide bonds. The second-order valence-electron chi connectivity index (χ2n) is 9.27. The van der Waals surface area contributed by atoms with Gasteiger partial charge in [-0.3, -0.25) is 0 Å². The molecule has 4 aromatic carbocycles. The number of aliphatic imine (C=N–C) groups is 2. The Hall–Kier alpha value is -4.00. The molecular formula is C30H22Cl2N4O2. The van der Waals surface area contributed by atoms with Crippen molar-refractivity contribution in [3.63, 3.8) is 0 Å². The molecule has 4 aromatic rings. The van der Waals surface area contributed by atoms with Crippen molar-refractivity contribution < 1.29 is 9.47 Å². The van der Waals surface area contributed by atoms with Gasteiger partial charge in [-0.2, -0.15) is 0 Å². The molecule has 38 heavy (non-hydrogen) atoms. The number of nitrogens with zero attached hydrogens (tertiary/aromatic N) is 4. The van der Waals surface area contributed by atoms with Gasteiger partial charge in [0.05, 0.1) is 11.1 Å². The number of rotatable bonds is 0. The maximum Gasteiger partial charge on any atom is 0.153 e. The van der Waals surface area contributed by atoms with Gasteiger partial charge in [-0.1, -0.05) is 47.5 Å². The predicted molar refractivity (Wildman–Crippen MR) is 151 cm³/mol. The second-order valence-corrected chi connectivity index (χ2v) is 10.1. The third-order valence-corrected chi connectivity index (χ3v) is 7.34. The molecule has 3 heterocycles. The molecule has 0 aromatic heterocycles. The van der Waals surface area contributed by atoms with Gasteiger partial charge in [0.1, 0.15) is 34.5 Å². The van der Waals surface area contributed by atoms with Gasteiger partial charge in [0.25, 0.3) is 0 Å². The van der Waals surface area contributed by atoms with E-state index >= 15 is 0 Å². The van der Waals surface area contributed by atoms with E-state index in [0.29, 0.717) is 10.0 Å². The summed E-state index contributed by atoms with van der Waals surface area (Å²) in [4.78, 5) is 14.7. The molecule has 3 aliphatic rings. The van der Waals surface area contributed by atoms with E-state index in [2.05, 4.69) is 9.80 Å². The Bertz CT molecular complexity index is 1510. The van der Waals surface area contributed by atoms with E-state index in [9.17, 15) is 0 Å². The SMILES string of the molecule is Clc1ccc2c(c1)C(N1CCN(C3=Nc4ccccc4Oc4ccc(Cl)cc43)CC1)=Nc1ccccc1O2. The maximum absolute atomic E-state index is 6.41. The number of hydrogen-bond acceptors (Lipinski definition) is 6. The number of halogens is 2. The Morgan fingerprint density at radius 2 is 0.947 bits per heavy atom. The van der Waals surface area contributed by atoms with Gasteiger partial charge >= 0.3 is 0 Å². The van der Waals surface area contributed by atoms with Crippen molar-refractivity contribution >= 4 is 46.2 Å².